The predicted octanol–water partition coefficient (Wildman–Crippen LogP) is 3.41. The summed E-state index contributed by atoms with van der Waals surface area (Å²) in [6.45, 7) is 6.65. The third kappa shape index (κ3) is 2.48. The van der Waals surface area contributed by atoms with Gasteiger partial charge < -0.3 is 5.32 Å². The van der Waals surface area contributed by atoms with E-state index in [1.165, 1.54) is 16.8 Å². The molecular formula is C12H19N. The van der Waals surface area contributed by atoms with Crippen LogP contribution >= 0.6 is 0 Å². The summed E-state index contributed by atoms with van der Waals surface area (Å²) in [6, 6.07) is 6.74. The molecule has 1 rings (SSSR count). The third-order valence-corrected chi connectivity index (χ3v) is 2.38. The first-order valence-electron chi connectivity index (χ1n) is 4.99. The largest absolute Gasteiger partial charge is 0.388 e. The fraction of sp³-hybridized carbons (Fsp3) is 0.500. The molecule has 0 aliphatic rings. The Hall–Kier alpha value is -0.980. The first-order chi connectivity index (χ1) is 6.17. The summed E-state index contributed by atoms with van der Waals surface area (Å²) in [6.07, 6.45) is 1.11. The number of rotatable bonds is 3. The van der Waals surface area contributed by atoms with Crippen LogP contribution in [0, 0.1) is 0 Å². The maximum atomic E-state index is 3.20. The minimum Gasteiger partial charge on any atom is -0.388 e. The van der Waals surface area contributed by atoms with E-state index in [2.05, 4.69) is 44.3 Å². The van der Waals surface area contributed by atoms with Crippen molar-refractivity contribution in [2.24, 2.45) is 0 Å². The lowest BCUT2D eigenvalue weighted by atomic mass is 9.99. The number of hydrogen-bond acceptors (Lipinski definition) is 1. The molecule has 13 heavy (non-hydrogen) atoms. The monoisotopic (exact) mass is 177 g/mol. The van der Waals surface area contributed by atoms with E-state index in [4.69, 9.17) is 0 Å². The molecule has 0 heterocycles. The van der Waals surface area contributed by atoms with Gasteiger partial charge in [0.25, 0.3) is 0 Å². The maximum absolute atomic E-state index is 3.20. The zero-order chi connectivity index (χ0) is 9.84. The van der Waals surface area contributed by atoms with Gasteiger partial charge in [-0.3, -0.25) is 0 Å². The summed E-state index contributed by atoms with van der Waals surface area (Å²) in [5.41, 5.74) is 4.06. The van der Waals surface area contributed by atoms with E-state index in [-0.39, 0.29) is 0 Å². The molecule has 0 saturated carbocycles. The van der Waals surface area contributed by atoms with Crippen LogP contribution in [0.1, 0.15) is 37.8 Å². The summed E-state index contributed by atoms with van der Waals surface area (Å²) in [7, 11) is 1.97. The van der Waals surface area contributed by atoms with Crippen LogP contribution in [0.4, 0.5) is 5.69 Å². The summed E-state index contributed by atoms with van der Waals surface area (Å²) < 4.78 is 0. The first-order valence-corrected chi connectivity index (χ1v) is 4.99. The van der Waals surface area contributed by atoms with Crippen LogP contribution in [-0.2, 0) is 6.42 Å². The number of benzene rings is 1. The molecule has 0 unspecified atom stereocenters. The molecule has 1 aromatic carbocycles. The van der Waals surface area contributed by atoms with E-state index in [9.17, 15) is 0 Å². The summed E-state index contributed by atoms with van der Waals surface area (Å²) in [4.78, 5) is 0. The highest BCUT2D eigenvalue weighted by Crippen LogP contribution is 2.21. The van der Waals surface area contributed by atoms with Crippen LogP contribution in [0.2, 0.25) is 0 Å². The molecule has 0 spiro atoms. The van der Waals surface area contributed by atoms with Gasteiger partial charge in [0, 0.05) is 12.7 Å². The molecular weight excluding hydrogens is 158 g/mol. The zero-order valence-electron chi connectivity index (χ0n) is 9.02. The van der Waals surface area contributed by atoms with Gasteiger partial charge in [-0.05, 0) is 35.6 Å². The Morgan fingerprint density at radius 3 is 2.38 bits per heavy atom. The van der Waals surface area contributed by atoms with Gasteiger partial charge in [0.15, 0.2) is 0 Å². The molecule has 1 N–H and O–H groups in total. The summed E-state index contributed by atoms with van der Waals surface area (Å²) in [5, 5.41) is 3.20. The van der Waals surface area contributed by atoms with Crippen molar-refractivity contribution in [3.63, 3.8) is 0 Å². The van der Waals surface area contributed by atoms with E-state index < -0.39 is 0 Å². The van der Waals surface area contributed by atoms with Crippen LogP contribution in [0.3, 0.4) is 0 Å². The Balaban J connectivity index is 3.07. The lowest BCUT2D eigenvalue weighted by molar-refractivity contribution is 0.863. The van der Waals surface area contributed by atoms with E-state index in [0.717, 1.165) is 6.42 Å². The standard InChI is InChI=1S/C12H19N/c1-5-10-6-11(9(2)3)8-12(7-10)13-4/h6-9,13H,5H2,1-4H3. The smallest absolute Gasteiger partial charge is 0.0343 e. The number of hydrogen-bond donors (Lipinski definition) is 1. The highest BCUT2D eigenvalue weighted by atomic mass is 14.8. The van der Waals surface area contributed by atoms with Crippen molar-refractivity contribution in [2.45, 2.75) is 33.1 Å². The van der Waals surface area contributed by atoms with Gasteiger partial charge in [-0.2, -0.15) is 0 Å². The molecule has 0 radical (unpaired) electrons. The van der Waals surface area contributed by atoms with Gasteiger partial charge in [-0.25, -0.2) is 0 Å². The molecule has 1 nitrogen and oxygen atoms in total. The molecule has 0 fully saturated rings. The normalized spacial score (nSPS) is 10.5. The summed E-state index contributed by atoms with van der Waals surface area (Å²) in [5.74, 6) is 0.610. The lowest BCUT2D eigenvalue weighted by Gasteiger charge is -2.10. The van der Waals surface area contributed by atoms with Crippen LogP contribution < -0.4 is 5.32 Å². The summed E-state index contributed by atoms with van der Waals surface area (Å²) >= 11 is 0. The molecule has 0 aliphatic heterocycles. The van der Waals surface area contributed by atoms with Gasteiger partial charge in [0.1, 0.15) is 0 Å². The molecule has 1 aromatic rings. The Labute approximate surface area is 81.2 Å². The van der Waals surface area contributed by atoms with Crippen LogP contribution in [0.5, 0.6) is 0 Å². The van der Waals surface area contributed by atoms with Gasteiger partial charge in [0.05, 0.1) is 0 Å². The lowest BCUT2D eigenvalue weighted by Crippen LogP contribution is -1.95. The van der Waals surface area contributed by atoms with Crippen LogP contribution in [0.25, 0.3) is 0 Å². The van der Waals surface area contributed by atoms with Gasteiger partial charge >= 0.3 is 0 Å². The van der Waals surface area contributed by atoms with Crippen molar-refractivity contribution < 1.29 is 0 Å². The van der Waals surface area contributed by atoms with Gasteiger partial charge in [-0.15, -0.1) is 0 Å². The van der Waals surface area contributed by atoms with E-state index in [1.54, 1.807) is 0 Å². The first kappa shape index (κ1) is 10.1. The number of anilines is 1. The van der Waals surface area contributed by atoms with Crippen molar-refractivity contribution in [1.29, 1.82) is 0 Å². The highest BCUT2D eigenvalue weighted by molar-refractivity contribution is 5.49. The van der Waals surface area contributed by atoms with Crippen LogP contribution in [0.15, 0.2) is 18.2 Å². The van der Waals surface area contributed by atoms with Crippen molar-refractivity contribution in [3.05, 3.63) is 29.3 Å². The molecule has 0 saturated heterocycles. The minimum atomic E-state index is 0.610. The van der Waals surface area contributed by atoms with E-state index in [0.29, 0.717) is 5.92 Å². The SMILES string of the molecule is CCc1cc(NC)cc(C(C)C)c1. The van der Waals surface area contributed by atoms with Crippen molar-refractivity contribution in [3.8, 4) is 0 Å². The molecule has 0 amide bonds. The fourth-order valence-corrected chi connectivity index (χ4v) is 1.40. The average molecular weight is 177 g/mol. The zero-order valence-corrected chi connectivity index (χ0v) is 9.02. The molecule has 0 aliphatic carbocycles. The molecule has 0 atom stereocenters. The van der Waals surface area contributed by atoms with Crippen molar-refractivity contribution in [2.75, 3.05) is 12.4 Å². The fourth-order valence-electron chi connectivity index (χ4n) is 1.40. The Morgan fingerprint density at radius 2 is 1.92 bits per heavy atom. The number of aryl methyl sites for hydroxylation is 1. The van der Waals surface area contributed by atoms with Crippen molar-refractivity contribution >= 4 is 5.69 Å². The second-order valence-electron chi connectivity index (χ2n) is 3.72. The maximum Gasteiger partial charge on any atom is 0.0343 e. The number of nitrogens with one attached hydrogen (secondary N) is 1. The third-order valence-electron chi connectivity index (χ3n) is 2.38. The Bertz CT molecular complexity index is 254. The van der Waals surface area contributed by atoms with E-state index >= 15 is 0 Å². The predicted molar refractivity (Wildman–Crippen MR) is 59.5 cm³/mol. The molecule has 0 bridgehead atoms. The Morgan fingerprint density at radius 1 is 1.23 bits per heavy atom. The second-order valence-corrected chi connectivity index (χ2v) is 3.72. The highest BCUT2D eigenvalue weighted by Gasteiger charge is 2.02. The second kappa shape index (κ2) is 4.31. The topological polar surface area (TPSA) is 12.0 Å². The Kier molecular flexibility index (Phi) is 3.35. The molecule has 1 heteroatoms. The van der Waals surface area contributed by atoms with Gasteiger partial charge in [-0.1, -0.05) is 26.8 Å². The molecule has 72 valence electrons. The average Bonchev–Trinajstić information content (AvgIpc) is 2.16. The van der Waals surface area contributed by atoms with Crippen molar-refractivity contribution in [1.82, 2.24) is 0 Å². The minimum absolute atomic E-state index is 0.610. The quantitative estimate of drug-likeness (QED) is 0.746. The molecule has 0 aromatic heterocycles. The van der Waals surface area contributed by atoms with E-state index in [1.807, 2.05) is 7.05 Å². The van der Waals surface area contributed by atoms with Crippen LogP contribution in [-0.4, -0.2) is 7.05 Å². The van der Waals surface area contributed by atoms with Gasteiger partial charge in [0.2, 0.25) is 0 Å².